The Kier molecular flexibility index (Phi) is 4.55. The Balaban J connectivity index is 1.88. The summed E-state index contributed by atoms with van der Waals surface area (Å²) in [5.41, 5.74) is 0.103. The van der Waals surface area contributed by atoms with Crippen LogP contribution in [-0.4, -0.2) is 52.9 Å². The largest absolute Gasteiger partial charge is 0.443 e. The number of carbonyl (C=O) groups excluding carboxylic acids is 2. The fourth-order valence-corrected chi connectivity index (χ4v) is 3.40. The third-order valence-corrected chi connectivity index (χ3v) is 4.43. The van der Waals surface area contributed by atoms with Crippen molar-refractivity contribution >= 4 is 23.6 Å². The number of rotatable bonds is 2. The predicted molar refractivity (Wildman–Crippen MR) is 93.2 cm³/mol. The minimum atomic E-state index is -0.729. The SMILES string of the molecule is C[C@@H]1CN(c2ccncc2N=O)C[C@@H]2[C@H]1OC(=O)N2C(=O)OC(C)(C)C. The Hall–Kier alpha value is -2.71. The summed E-state index contributed by atoms with van der Waals surface area (Å²) in [6.07, 6.45) is 1.11. The molecule has 3 rings (SSSR count). The van der Waals surface area contributed by atoms with Gasteiger partial charge in [-0.05, 0) is 32.0 Å². The normalized spacial score (nSPS) is 25.5. The number of amides is 2. The van der Waals surface area contributed by atoms with E-state index in [0.29, 0.717) is 18.8 Å². The minimum absolute atomic E-state index is 0.0437. The van der Waals surface area contributed by atoms with E-state index >= 15 is 0 Å². The quantitative estimate of drug-likeness (QED) is 0.745. The zero-order valence-electron chi connectivity index (χ0n) is 15.2. The molecule has 1 aromatic rings. The maximum absolute atomic E-state index is 12.5. The maximum atomic E-state index is 12.5. The number of anilines is 1. The topological polar surface area (TPSA) is 101 Å². The maximum Gasteiger partial charge on any atom is 0.420 e. The highest BCUT2D eigenvalue weighted by molar-refractivity contribution is 5.90. The summed E-state index contributed by atoms with van der Waals surface area (Å²) in [5.74, 6) is -0.0437. The molecule has 2 aliphatic heterocycles. The Morgan fingerprint density at radius 2 is 2.12 bits per heavy atom. The lowest BCUT2D eigenvalue weighted by Gasteiger charge is -2.40. The third kappa shape index (κ3) is 3.33. The van der Waals surface area contributed by atoms with Crippen LogP contribution in [0.2, 0.25) is 0 Å². The molecule has 26 heavy (non-hydrogen) atoms. The molecule has 0 aliphatic carbocycles. The van der Waals surface area contributed by atoms with Crippen LogP contribution < -0.4 is 4.90 Å². The van der Waals surface area contributed by atoms with Crippen molar-refractivity contribution < 1.29 is 19.1 Å². The lowest BCUT2D eigenvalue weighted by atomic mass is 9.92. The van der Waals surface area contributed by atoms with Gasteiger partial charge in [-0.2, -0.15) is 0 Å². The number of nitrogens with zero attached hydrogens (tertiary/aromatic N) is 4. The highest BCUT2D eigenvalue weighted by Crippen LogP contribution is 2.36. The van der Waals surface area contributed by atoms with Gasteiger partial charge in [-0.1, -0.05) is 6.92 Å². The van der Waals surface area contributed by atoms with Crippen molar-refractivity contribution in [1.82, 2.24) is 9.88 Å². The second-order valence-corrected chi connectivity index (χ2v) is 7.60. The minimum Gasteiger partial charge on any atom is -0.443 e. The molecule has 0 aromatic carbocycles. The van der Waals surface area contributed by atoms with Crippen molar-refractivity contribution in [1.29, 1.82) is 0 Å². The van der Waals surface area contributed by atoms with Gasteiger partial charge >= 0.3 is 12.2 Å². The van der Waals surface area contributed by atoms with E-state index in [2.05, 4.69) is 10.2 Å². The number of carbonyl (C=O) groups is 2. The van der Waals surface area contributed by atoms with Crippen molar-refractivity contribution in [2.45, 2.75) is 45.4 Å². The molecule has 9 heteroatoms. The van der Waals surface area contributed by atoms with Gasteiger partial charge in [0.2, 0.25) is 0 Å². The molecule has 1 aromatic heterocycles. The summed E-state index contributed by atoms with van der Waals surface area (Å²) in [7, 11) is 0. The van der Waals surface area contributed by atoms with Gasteiger partial charge in [-0.3, -0.25) is 4.98 Å². The fourth-order valence-electron chi connectivity index (χ4n) is 3.40. The molecule has 0 spiro atoms. The summed E-state index contributed by atoms with van der Waals surface area (Å²) < 4.78 is 10.8. The van der Waals surface area contributed by atoms with Crippen molar-refractivity contribution in [2.24, 2.45) is 11.1 Å². The molecule has 2 aliphatic rings. The molecule has 2 amide bonds. The van der Waals surface area contributed by atoms with E-state index in [1.54, 1.807) is 33.0 Å². The molecule has 0 saturated carbocycles. The average Bonchev–Trinajstić information content (AvgIpc) is 2.90. The van der Waals surface area contributed by atoms with Gasteiger partial charge in [-0.25, -0.2) is 14.5 Å². The average molecular weight is 362 g/mol. The number of hydrogen-bond acceptors (Lipinski definition) is 8. The van der Waals surface area contributed by atoms with Gasteiger partial charge in [0, 0.05) is 25.2 Å². The summed E-state index contributed by atoms with van der Waals surface area (Å²) in [4.78, 5) is 42.7. The van der Waals surface area contributed by atoms with Crippen molar-refractivity contribution in [2.75, 3.05) is 18.0 Å². The van der Waals surface area contributed by atoms with Crippen LogP contribution in [0.25, 0.3) is 0 Å². The molecule has 0 bridgehead atoms. The molecule has 140 valence electrons. The number of aromatic nitrogens is 1. The molecule has 9 nitrogen and oxygen atoms in total. The molecule has 3 heterocycles. The van der Waals surface area contributed by atoms with Crippen molar-refractivity contribution in [3.63, 3.8) is 0 Å². The van der Waals surface area contributed by atoms with Crippen LogP contribution in [0.3, 0.4) is 0 Å². The van der Waals surface area contributed by atoms with Gasteiger partial charge in [0.1, 0.15) is 23.4 Å². The zero-order chi connectivity index (χ0) is 19.1. The molecule has 0 N–H and O–H groups in total. The zero-order valence-corrected chi connectivity index (χ0v) is 15.2. The van der Waals surface area contributed by atoms with E-state index < -0.39 is 29.9 Å². The van der Waals surface area contributed by atoms with Crippen LogP contribution in [0.4, 0.5) is 21.0 Å². The summed E-state index contributed by atoms with van der Waals surface area (Å²) in [6, 6.07) is 1.19. The number of hydrogen-bond donors (Lipinski definition) is 0. The van der Waals surface area contributed by atoms with Crippen LogP contribution in [-0.2, 0) is 9.47 Å². The van der Waals surface area contributed by atoms with Gasteiger partial charge in [0.25, 0.3) is 0 Å². The molecular weight excluding hydrogens is 340 g/mol. The summed E-state index contributed by atoms with van der Waals surface area (Å²) in [5, 5.41) is 3.02. The highest BCUT2D eigenvalue weighted by atomic mass is 16.6. The van der Waals surface area contributed by atoms with Crippen LogP contribution in [0.1, 0.15) is 27.7 Å². The Bertz CT molecular complexity index is 732. The summed E-state index contributed by atoms with van der Waals surface area (Å²) in [6.45, 7) is 8.02. The smallest absolute Gasteiger partial charge is 0.420 e. The molecule has 0 radical (unpaired) electrons. The van der Waals surface area contributed by atoms with E-state index in [4.69, 9.17) is 9.47 Å². The van der Waals surface area contributed by atoms with Crippen LogP contribution >= 0.6 is 0 Å². The van der Waals surface area contributed by atoms with Crippen LogP contribution in [0.15, 0.2) is 23.6 Å². The second kappa shape index (κ2) is 6.54. The van der Waals surface area contributed by atoms with Gasteiger partial charge in [0.15, 0.2) is 0 Å². The molecule has 2 fully saturated rings. The van der Waals surface area contributed by atoms with Gasteiger partial charge in [0.05, 0.1) is 11.9 Å². The first-order valence-electron chi connectivity index (χ1n) is 8.46. The standard InChI is InChI=1S/C17H22N4O5/c1-10-8-20(12-5-6-18-7-11(12)19-24)9-13-14(10)25-15(22)21(13)16(23)26-17(2,3)4/h5-7,10,13-14H,8-9H2,1-4H3/t10-,13-,14+/m1/s1. The van der Waals surface area contributed by atoms with Crippen molar-refractivity contribution in [3.8, 4) is 0 Å². The van der Waals surface area contributed by atoms with Crippen LogP contribution in [0.5, 0.6) is 0 Å². The molecular formula is C17H22N4O5. The van der Waals surface area contributed by atoms with E-state index in [1.807, 2.05) is 11.8 Å². The van der Waals surface area contributed by atoms with E-state index in [0.717, 1.165) is 4.90 Å². The molecule has 3 atom stereocenters. The van der Waals surface area contributed by atoms with Crippen LogP contribution in [0, 0.1) is 10.8 Å². The number of imide groups is 1. The lowest BCUT2D eigenvalue weighted by molar-refractivity contribution is 0.0275. The van der Waals surface area contributed by atoms with E-state index in [9.17, 15) is 14.5 Å². The first kappa shape index (κ1) is 18.1. The number of nitroso groups, excluding NO2 is 1. The highest BCUT2D eigenvalue weighted by Gasteiger charge is 2.52. The summed E-state index contributed by atoms with van der Waals surface area (Å²) >= 11 is 0. The van der Waals surface area contributed by atoms with Gasteiger partial charge in [-0.15, -0.1) is 4.91 Å². The Labute approximate surface area is 151 Å². The first-order valence-corrected chi connectivity index (χ1v) is 8.46. The Morgan fingerprint density at radius 3 is 2.77 bits per heavy atom. The fraction of sp³-hybridized carbons (Fsp3) is 0.588. The number of pyridine rings is 1. The molecule has 0 unspecified atom stereocenters. The van der Waals surface area contributed by atoms with E-state index in [-0.39, 0.29) is 11.6 Å². The molecule has 2 saturated heterocycles. The number of piperidine rings is 1. The Morgan fingerprint density at radius 1 is 1.38 bits per heavy atom. The predicted octanol–water partition coefficient (Wildman–Crippen LogP) is 3.06. The number of fused-ring (bicyclic) bond motifs is 1. The number of ether oxygens (including phenoxy) is 2. The monoisotopic (exact) mass is 362 g/mol. The lowest BCUT2D eigenvalue weighted by Crippen LogP contribution is -2.56. The van der Waals surface area contributed by atoms with Crippen molar-refractivity contribution in [3.05, 3.63) is 23.4 Å². The first-order chi connectivity index (χ1) is 12.2. The third-order valence-electron chi connectivity index (χ3n) is 4.43. The van der Waals surface area contributed by atoms with Gasteiger partial charge < -0.3 is 14.4 Å². The van der Waals surface area contributed by atoms with E-state index in [1.165, 1.54) is 6.20 Å². The second-order valence-electron chi connectivity index (χ2n) is 7.60.